The number of nitrogens with one attached hydrogen (secondary N) is 1. The van der Waals surface area contributed by atoms with Gasteiger partial charge in [0.1, 0.15) is 17.1 Å². The lowest BCUT2D eigenvalue weighted by Gasteiger charge is -2.16. The van der Waals surface area contributed by atoms with Gasteiger partial charge in [0.25, 0.3) is 10.0 Å². The van der Waals surface area contributed by atoms with Gasteiger partial charge in [-0.2, -0.15) is 0 Å². The van der Waals surface area contributed by atoms with Gasteiger partial charge in [0, 0.05) is 28.1 Å². The van der Waals surface area contributed by atoms with Crippen molar-refractivity contribution in [3.05, 3.63) is 65.9 Å². The highest BCUT2D eigenvalue weighted by Crippen LogP contribution is 2.40. The normalized spacial score (nSPS) is 16.4. The molecule has 0 spiro atoms. The lowest BCUT2D eigenvalue weighted by atomic mass is 9.88. The van der Waals surface area contributed by atoms with E-state index in [0.29, 0.717) is 24.0 Å². The average Bonchev–Trinajstić information content (AvgIpc) is 3.12. The fraction of sp³-hybridized carbons (Fsp3) is 0.280. The zero-order valence-electron chi connectivity index (χ0n) is 17.6. The number of benzene rings is 3. The molecule has 0 bridgehead atoms. The highest BCUT2D eigenvalue weighted by molar-refractivity contribution is 7.92. The van der Waals surface area contributed by atoms with Crippen LogP contribution in [0.15, 0.2) is 63.9 Å². The summed E-state index contributed by atoms with van der Waals surface area (Å²) >= 11 is 0. The second kappa shape index (κ2) is 7.61. The topological polar surface area (TPSA) is 68.5 Å². The maximum atomic E-state index is 13.1. The van der Waals surface area contributed by atoms with Crippen LogP contribution in [0.5, 0.6) is 5.75 Å². The van der Waals surface area contributed by atoms with Crippen molar-refractivity contribution in [1.82, 2.24) is 0 Å². The van der Waals surface area contributed by atoms with Crippen molar-refractivity contribution >= 4 is 37.5 Å². The van der Waals surface area contributed by atoms with Gasteiger partial charge in [-0.1, -0.05) is 31.2 Å². The van der Waals surface area contributed by atoms with Crippen LogP contribution < -0.4 is 9.46 Å². The molecule has 1 aromatic heterocycles. The van der Waals surface area contributed by atoms with Crippen LogP contribution in [-0.2, 0) is 22.9 Å². The number of rotatable bonds is 5. The van der Waals surface area contributed by atoms with E-state index in [2.05, 4.69) is 11.6 Å². The highest BCUT2D eigenvalue weighted by atomic mass is 32.2. The fourth-order valence-corrected chi connectivity index (χ4v) is 5.51. The Balaban J connectivity index is 1.62. The Labute approximate surface area is 182 Å². The molecule has 1 aliphatic carbocycles. The summed E-state index contributed by atoms with van der Waals surface area (Å²) in [7, 11) is -3.75. The molecule has 1 N–H and O–H groups in total. The fourth-order valence-electron chi connectivity index (χ4n) is 4.44. The van der Waals surface area contributed by atoms with Crippen molar-refractivity contribution in [2.75, 3.05) is 11.3 Å². The van der Waals surface area contributed by atoms with E-state index < -0.39 is 10.0 Å². The molecule has 5 rings (SSSR count). The van der Waals surface area contributed by atoms with E-state index in [0.717, 1.165) is 46.8 Å². The molecule has 3 aromatic carbocycles. The molecule has 1 heterocycles. The van der Waals surface area contributed by atoms with E-state index in [-0.39, 0.29) is 4.90 Å². The Morgan fingerprint density at radius 2 is 1.81 bits per heavy atom. The van der Waals surface area contributed by atoms with Gasteiger partial charge in [-0.05, 0) is 56.0 Å². The van der Waals surface area contributed by atoms with E-state index in [4.69, 9.17) is 9.15 Å². The molecular weight excluding hydrogens is 410 g/mol. The first kappa shape index (κ1) is 19.9. The number of sulfonamides is 1. The van der Waals surface area contributed by atoms with Crippen molar-refractivity contribution in [1.29, 1.82) is 0 Å². The monoisotopic (exact) mass is 435 g/mol. The van der Waals surface area contributed by atoms with Crippen molar-refractivity contribution in [3.63, 3.8) is 0 Å². The van der Waals surface area contributed by atoms with E-state index in [1.807, 2.05) is 37.3 Å². The first-order valence-electron chi connectivity index (χ1n) is 10.7. The summed E-state index contributed by atoms with van der Waals surface area (Å²) in [6, 6.07) is 16.2. The third-order valence-corrected chi connectivity index (χ3v) is 7.37. The molecule has 0 unspecified atom stereocenters. The molecule has 0 aliphatic heterocycles. The third kappa shape index (κ3) is 3.55. The Morgan fingerprint density at radius 1 is 1.06 bits per heavy atom. The number of fused-ring (bicyclic) bond motifs is 5. The number of ether oxygens (including phenoxy) is 1. The summed E-state index contributed by atoms with van der Waals surface area (Å²) in [5.41, 5.74) is 2.62. The Bertz CT molecular complexity index is 1370. The van der Waals surface area contributed by atoms with Gasteiger partial charge in [-0.3, -0.25) is 4.72 Å². The van der Waals surface area contributed by atoms with Crippen molar-refractivity contribution in [2.24, 2.45) is 5.92 Å². The van der Waals surface area contributed by atoms with E-state index in [1.165, 1.54) is 5.56 Å². The molecule has 0 saturated heterocycles. The summed E-state index contributed by atoms with van der Waals surface area (Å²) in [5.74, 6) is 2.27. The SMILES string of the molecule is CCOc1ccc(S(=O)(=O)Nc2cc3c4c(oc3c3ccccc23)C[C@H](C)CC4)cc1. The molecular formula is C25H25NO4S. The van der Waals surface area contributed by atoms with Gasteiger partial charge in [0.05, 0.1) is 17.2 Å². The maximum absolute atomic E-state index is 13.1. The number of furan rings is 1. The van der Waals surface area contributed by atoms with Gasteiger partial charge in [0.2, 0.25) is 0 Å². The molecule has 160 valence electrons. The largest absolute Gasteiger partial charge is 0.494 e. The zero-order valence-corrected chi connectivity index (χ0v) is 18.5. The summed E-state index contributed by atoms with van der Waals surface area (Å²) in [6.07, 6.45) is 2.99. The second-order valence-electron chi connectivity index (χ2n) is 8.21. The summed E-state index contributed by atoms with van der Waals surface area (Å²) in [6.45, 7) is 4.66. The Hall–Kier alpha value is -2.99. The maximum Gasteiger partial charge on any atom is 0.261 e. The van der Waals surface area contributed by atoms with Crippen LogP contribution in [0.3, 0.4) is 0 Å². The summed E-state index contributed by atoms with van der Waals surface area (Å²) < 4.78 is 40.8. The molecule has 1 atom stereocenters. The van der Waals surface area contributed by atoms with Crippen LogP contribution >= 0.6 is 0 Å². The van der Waals surface area contributed by atoms with Gasteiger partial charge in [-0.25, -0.2) is 8.42 Å². The van der Waals surface area contributed by atoms with Gasteiger partial charge in [-0.15, -0.1) is 0 Å². The third-order valence-electron chi connectivity index (χ3n) is 5.99. The van der Waals surface area contributed by atoms with Crippen LogP contribution in [0, 0.1) is 5.92 Å². The van der Waals surface area contributed by atoms with E-state index in [9.17, 15) is 8.42 Å². The standard InChI is InChI=1S/C25H25NO4S/c1-3-29-17-9-11-18(12-10-17)31(27,28)26-23-15-22-20-13-8-16(2)14-24(20)30-25(22)21-7-5-4-6-19(21)23/h4-7,9-12,15-16,26H,3,8,13-14H2,1-2H3/t16-/m1/s1. The van der Waals surface area contributed by atoms with Crippen LogP contribution in [0.25, 0.3) is 21.7 Å². The van der Waals surface area contributed by atoms with Gasteiger partial charge < -0.3 is 9.15 Å². The van der Waals surface area contributed by atoms with E-state index in [1.54, 1.807) is 24.3 Å². The quantitative estimate of drug-likeness (QED) is 0.423. The highest BCUT2D eigenvalue weighted by Gasteiger charge is 2.25. The van der Waals surface area contributed by atoms with E-state index >= 15 is 0 Å². The number of hydrogen-bond acceptors (Lipinski definition) is 4. The summed E-state index contributed by atoms with van der Waals surface area (Å²) in [5, 5.41) is 2.75. The number of aryl methyl sites for hydroxylation is 1. The second-order valence-corrected chi connectivity index (χ2v) is 9.89. The zero-order chi connectivity index (χ0) is 21.6. The molecule has 4 aromatic rings. The minimum absolute atomic E-state index is 0.197. The molecule has 0 fully saturated rings. The Morgan fingerprint density at radius 3 is 2.55 bits per heavy atom. The molecule has 1 aliphatic rings. The van der Waals surface area contributed by atoms with Crippen LogP contribution in [-0.4, -0.2) is 15.0 Å². The lowest BCUT2D eigenvalue weighted by Crippen LogP contribution is -2.13. The summed E-state index contributed by atoms with van der Waals surface area (Å²) in [4.78, 5) is 0.197. The van der Waals surface area contributed by atoms with Crippen LogP contribution in [0.1, 0.15) is 31.6 Å². The predicted octanol–water partition coefficient (Wildman–Crippen LogP) is 5.91. The predicted molar refractivity (Wildman–Crippen MR) is 123 cm³/mol. The van der Waals surface area contributed by atoms with Gasteiger partial charge in [0.15, 0.2) is 0 Å². The Kier molecular flexibility index (Phi) is 4.89. The first-order chi connectivity index (χ1) is 15.0. The number of hydrogen-bond donors (Lipinski definition) is 1. The molecule has 0 amide bonds. The van der Waals surface area contributed by atoms with Gasteiger partial charge >= 0.3 is 0 Å². The smallest absolute Gasteiger partial charge is 0.261 e. The average molecular weight is 436 g/mol. The molecule has 31 heavy (non-hydrogen) atoms. The van der Waals surface area contributed by atoms with Crippen molar-refractivity contribution in [3.8, 4) is 5.75 Å². The lowest BCUT2D eigenvalue weighted by molar-refractivity contribution is 0.340. The van der Waals surface area contributed by atoms with Crippen LogP contribution in [0.2, 0.25) is 0 Å². The molecule has 0 radical (unpaired) electrons. The molecule has 6 heteroatoms. The minimum Gasteiger partial charge on any atom is -0.494 e. The first-order valence-corrected chi connectivity index (χ1v) is 12.2. The van der Waals surface area contributed by atoms with Crippen molar-refractivity contribution in [2.45, 2.75) is 38.0 Å². The minimum atomic E-state index is -3.75. The van der Waals surface area contributed by atoms with Crippen molar-refractivity contribution < 1.29 is 17.6 Å². The van der Waals surface area contributed by atoms with Crippen LogP contribution in [0.4, 0.5) is 5.69 Å². The molecule has 5 nitrogen and oxygen atoms in total. The number of anilines is 1. The molecule has 0 saturated carbocycles.